The number of rotatable bonds is 6. The highest BCUT2D eigenvalue weighted by Gasteiger charge is 2.28. The zero-order chi connectivity index (χ0) is 17.3. The van der Waals surface area contributed by atoms with Crippen LogP contribution in [-0.2, 0) is 0 Å². The number of benzene rings is 1. The number of hydrogen-bond acceptors (Lipinski definition) is 3. The molecule has 0 unspecified atom stereocenters. The zero-order valence-corrected chi connectivity index (χ0v) is 14.5. The Morgan fingerprint density at radius 1 is 1.29 bits per heavy atom. The largest absolute Gasteiger partial charge is 0.395 e. The highest BCUT2D eigenvalue weighted by molar-refractivity contribution is 6.05. The van der Waals surface area contributed by atoms with Gasteiger partial charge in [0.1, 0.15) is 0 Å². The van der Waals surface area contributed by atoms with E-state index in [0.29, 0.717) is 12.6 Å². The fraction of sp³-hybridized carbons (Fsp3) is 0.421. The van der Waals surface area contributed by atoms with E-state index in [0.717, 1.165) is 28.3 Å². The predicted molar refractivity (Wildman–Crippen MR) is 96.9 cm³/mol. The molecular weight excluding hydrogens is 302 g/mol. The van der Waals surface area contributed by atoms with Crippen molar-refractivity contribution in [2.75, 3.05) is 30.4 Å². The maximum Gasteiger partial charge on any atom is 0.257 e. The maximum absolute atomic E-state index is 12.6. The summed E-state index contributed by atoms with van der Waals surface area (Å²) >= 11 is 0. The second-order valence-electron chi connectivity index (χ2n) is 6.53. The van der Waals surface area contributed by atoms with Gasteiger partial charge in [-0.05, 0) is 57.0 Å². The standard InChI is InChI=1S/C19H25N3O2/c1-13-12-18(14(2)22(13)17-8-9-17)19(24)20-15-4-6-16(7-5-15)21(3)10-11-23/h4-7,12,17,23H,8-11H2,1-3H3,(H,20,24). The molecule has 0 aliphatic heterocycles. The van der Waals surface area contributed by atoms with Crippen molar-refractivity contribution in [1.82, 2.24) is 4.57 Å². The molecule has 1 fully saturated rings. The molecule has 0 bridgehead atoms. The minimum absolute atomic E-state index is 0.0635. The number of hydrogen-bond donors (Lipinski definition) is 2. The van der Waals surface area contributed by atoms with Gasteiger partial charge in [0.05, 0.1) is 12.2 Å². The number of aromatic nitrogens is 1. The van der Waals surface area contributed by atoms with Gasteiger partial charge in [-0.3, -0.25) is 4.79 Å². The van der Waals surface area contributed by atoms with E-state index >= 15 is 0 Å². The van der Waals surface area contributed by atoms with Crippen molar-refractivity contribution in [2.45, 2.75) is 32.7 Å². The van der Waals surface area contributed by atoms with E-state index in [4.69, 9.17) is 5.11 Å². The Morgan fingerprint density at radius 2 is 1.96 bits per heavy atom. The van der Waals surface area contributed by atoms with Gasteiger partial charge in [0.2, 0.25) is 0 Å². The van der Waals surface area contributed by atoms with Crippen LogP contribution in [0, 0.1) is 13.8 Å². The molecule has 3 rings (SSSR count). The number of carbonyl (C=O) groups excluding carboxylic acids is 1. The third kappa shape index (κ3) is 3.31. The van der Waals surface area contributed by atoms with E-state index in [1.165, 1.54) is 12.8 Å². The first kappa shape index (κ1) is 16.6. The molecule has 2 aromatic rings. The summed E-state index contributed by atoms with van der Waals surface area (Å²) in [6.07, 6.45) is 2.42. The van der Waals surface area contributed by atoms with Gasteiger partial charge in [-0.25, -0.2) is 0 Å². The summed E-state index contributed by atoms with van der Waals surface area (Å²) in [4.78, 5) is 14.6. The SMILES string of the molecule is Cc1cc(C(=O)Nc2ccc(N(C)CCO)cc2)c(C)n1C1CC1. The second-order valence-corrected chi connectivity index (χ2v) is 6.53. The minimum Gasteiger partial charge on any atom is -0.395 e. The molecule has 1 amide bonds. The Kier molecular flexibility index (Phi) is 4.62. The first-order valence-electron chi connectivity index (χ1n) is 8.43. The van der Waals surface area contributed by atoms with Gasteiger partial charge in [-0.2, -0.15) is 0 Å². The van der Waals surface area contributed by atoms with Gasteiger partial charge in [0.25, 0.3) is 5.91 Å². The topological polar surface area (TPSA) is 57.5 Å². The van der Waals surface area contributed by atoms with Crippen molar-refractivity contribution in [2.24, 2.45) is 0 Å². The molecule has 1 aliphatic carbocycles. The molecule has 1 saturated carbocycles. The van der Waals surface area contributed by atoms with Crippen LogP contribution in [-0.4, -0.2) is 35.8 Å². The maximum atomic E-state index is 12.6. The van der Waals surface area contributed by atoms with Crippen LogP contribution in [0.25, 0.3) is 0 Å². The van der Waals surface area contributed by atoms with Crippen molar-refractivity contribution < 1.29 is 9.90 Å². The Labute approximate surface area is 142 Å². The second kappa shape index (κ2) is 6.69. The molecule has 1 aromatic carbocycles. The monoisotopic (exact) mass is 327 g/mol. The molecule has 5 heteroatoms. The van der Waals surface area contributed by atoms with Crippen LogP contribution in [0.1, 0.15) is 40.6 Å². The van der Waals surface area contributed by atoms with Crippen LogP contribution in [0.15, 0.2) is 30.3 Å². The molecule has 0 saturated heterocycles. The zero-order valence-electron chi connectivity index (χ0n) is 14.5. The Hall–Kier alpha value is -2.27. The molecule has 1 heterocycles. The van der Waals surface area contributed by atoms with Crippen molar-refractivity contribution in [3.05, 3.63) is 47.3 Å². The van der Waals surface area contributed by atoms with Crippen LogP contribution >= 0.6 is 0 Å². The van der Waals surface area contributed by atoms with Crippen LogP contribution < -0.4 is 10.2 Å². The summed E-state index contributed by atoms with van der Waals surface area (Å²) in [7, 11) is 1.93. The van der Waals surface area contributed by atoms with Crippen molar-refractivity contribution in [3.63, 3.8) is 0 Å². The summed E-state index contributed by atoms with van der Waals surface area (Å²) in [6, 6.07) is 10.2. The lowest BCUT2D eigenvalue weighted by Gasteiger charge is -2.18. The van der Waals surface area contributed by atoms with E-state index in [1.807, 2.05) is 49.2 Å². The van der Waals surface area contributed by atoms with Crippen LogP contribution in [0.4, 0.5) is 11.4 Å². The Morgan fingerprint density at radius 3 is 2.54 bits per heavy atom. The van der Waals surface area contributed by atoms with E-state index in [1.54, 1.807) is 0 Å². The fourth-order valence-electron chi connectivity index (χ4n) is 3.18. The average molecular weight is 327 g/mol. The van der Waals surface area contributed by atoms with Gasteiger partial charge in [-0.1, -0.05) is 0 Å². The van der Waals surface area contributed by atoms with Gasteiger partial charge in [0, 0.05) is 42.4 Å². The molecule has 0 atom stereocenters. The number of nitrogens with one attached hydrogen (secondary N) is 1. The van der Waals surface area contributed by atoms with Gasteiger partial charge in [-0.15, -0.1) is 0 Å². The summed E-state index contributed by atoms with van der Waals surface area (Å²) in [5.41, 5.74) is 4.74. The van der Waals surface area contributed by atoms with E-state index < -0.39 is 0 Å². The smallest absolute Gasteiger partial charge is 0.257 e. The van der Waals surface area contributed by atoms with E-state index in [9.17, 15) is 4.79 Å². The molecule has 1 aliphatic rings. The van der Waals surface area contributed by atoms with Gasteiger partial charge >= 0.3 is 0 Å². The average Bonchev–Trinajstić information content (AvgIpc) is 3.33. The number of carbonyl (C=O) groups is 1. The number of aliphatic hydroxyl groups excluding tert-OH is 1. The molecule has 1 aromatic heterocycles. The van der Waals surface area contributed by atoms with Crippen molar-refractivity contribution >= 4 is 17.3 Å². The first-order valence-corrected chi connectivity index (χ1v) is 8.43. The normalized spacial score (nSPS) is 13.8. The van der Waals surface area contributed by atoms with Gasteiger partial charge in [0.15, 0.2) is 0 Å². The number of aliphatic hydroxyl groups is 1. The summed E-state index contributed by atoms with van der Waals surface area (Å²) in [5.74, 6) is -0.0635. The molecular formula is C19H25N3O2. The lowest BCUT2D eigenvalue weighted by Crippen LogP contribution is -2.21. The summed E-state index contributed by atoms with van der Waals surface area (Å²) < 4.78 is 2.28. The minimum atomic E-state index is -0.0635. The van der Waals surface area contributed by atoms with Crippen molar-refractivity contribution in [1.29, 1.82) is 0 Å². The molecule has 5 nitrogen and oxygen atoms in total. The first-order chi connectivity index (χ1) is 11.5. The molecule has 24 heavy (non-hydrogen) atoms. The van der Waals surface area contributed by atoms with Crippen LogP contribution in [0.5, 0.6) is 0 Å². The van der Waals surface area contributed by atoms with Crippen LogP contribution in [0.3, 0.4) is 0 Å². The quantitative estimate of drug-likeness (QED) is 0.857. The number of nitrogens with zero attached hydrogens (tertiary/aromatic N) is 2. The van der Waals surface area contributed by atoms with E-state index in [2.05, 4.69) is 16.8 Å². The molecule has 0 radical (unpaired) electrons. The number of aryl methyl sites for hydroxylation is 1. The highest BCUT2D eigenvalue weighted by atomic mass is 16.3. The lowest BCUT2D eigenvalue weighted by molar-refractivity contribution is 0.102. The third-order valence-electron chi connectivity index (χ3n) is 4.64. The molecule has 2 N–H and O–H groups in total. The number of amides is 1. The highest BCUT2D eigenvalue weighted by Crippen LogP contribution is 2.38. The molecule has 0 spiro atoms. The van der Waals surface area contributed by atoms with Crippen molar-refractivity contribution in [3.8, 4) is 0 Å². The number of likely N-dealkylation sites (N-methyl/N-ethyl adjacent to an activating group) is 1. The van der Waals surface area contributed by atoms with Gasteiger partial charge < -0.3 is 19.9 Å². The van der Waals surface area contributed by atoms with E-state index in [-0.39, 0.29) is 12.5 Å². The number of anilines is 2. The molecule has 128 valence electrons. The summed E-state index contributed by atoms with van der Waals surface area (Å²) in [6.45, 7) is 4.78. The predicted octanol–water partition coefficient (Wildman–Crippen LogP) is 3.12. The Bertz CT molecular complexity index is 730. The fourth-order valence-corrected chi connectivity index (χ4v) is 3.18. The van der Waals surface area contributed by atoms with Crippen LogP contribution in [0.2, 0.25) is 0 Å². The Balaban J connectivity index is 1.72. The third-order valence-corrected chi connectivity index (χ3v) is 4.64. The summed E-state index contributed by atoms with van der Waals surface area (Å²) in [5, 5.41) is 12.0. The lowest BCUT2D eigenvalue weighted by atomic mass is 10.2.